The molecule has 1 aliphatic heterocycles. The van der Waals surface area contributed by atoms with Crippen molar-refractivity contribution in [3.63, 3.8) is 0 Å². The molecule has 2 rings (SSSR count). The highest BCUT2D eigenvalue weighted by Crippen LogP contribution is 2.29. The normalized spacial score (nSPS) is 14.8. The lowest BCUT2D eigenvalue weighted by Crippen LogP contribution is -2.25. The van der Waals surface area contributed by atoms with Gasteiger partial charge in [-0.05, 0) is 30.2 Å². The molecule has 0 unspecified atom stereocenters. The van der Waals surface area contributed by atoms with E-state index in [9.17, 15) is 13.2 Å². The summed E-state index contributed by atoms with van der Waals surface area (Å²) in [6, 6.07) is 4.73. The lowest BCUT2D eigenvalue weighted by Gasteiger charge is -2.11. The number of hydrogen-bond donors (Lipinski definition) is 1. The van der Waals surface area contributed by atoms with E-state index in [2.05, 4.69) is 4.72 Å². The number of nitrogens with zero attached hydrogens (tertiary/aromatic N) is 1. The number of amides is 1. The molecule has 0 aromatic heterocycles. The Bertz CT molecular complexity index is 601. The molecule has 1 amide bonds. The summed E-state index contributed by atoms with van der Waals surface area (Å²) in [6.07, 6.45) is 0.823. The smallest absolute Gasteiger partial charge is 0.240 e. The van der Waals surface area contributed by atoms with Crippen molar-refractivity contribution in [2.75, 3.05) is 24.4 Å². The Morgan fingerprint density at radius 2 is 2.16 bits per heavy atom. The zero-order chi connectivity index (χ0) is 14.0. The number of halogens is 1. The summed E-state index contributed by atoms with van der Waals surface area (Å²) in [6.45, 7) is 0.307. The highest BCUT2D eigenvalue weighted by Gasteiger charge is 2.25. The first-order chi connectivity index (χ1) is 8.95. The van der Waals surface area contributed by atoms with E-state index >= 15 is 0 Å². The predicted octanol–water partition coefficient (Wildman–Crippen LogP) is 1.11. The van der Waals surface area contributed by atoms with Gasteiger partial charge in [0.2, 0.25) is 15.9 Å². The Morgan fingerprint density at radius 3 is 2.84 bits per heavy atom. The summed E-state index contributed by atoms with van der Waals surface area (Å²) in [5.41, 5.74) is 1.51. The molecule has 0 saturated carbocycles. The second-order valence-corrected chi connectivity index (χ2v) is 6.51. The molecule has 0 aliphatic carbocycles. The number of sulfonamides is 1. The van der Waals surface area contributed by atoms with Gasteiger partial charge in [0.05, 0.1) is 11.3 Å². The quantitative estimate of drug-likeness (QED) is 0.654. The van der Waals surface area contributed by atoms with Crippen LogP contribution in [-0.4, -0.2) is 33.8 Å². The van der Waals surface area contributed by atoms with Crippen LogP contribution >= 0.6 is 11.6 Å². The van der Waals surface area contributed by atoms with E-state index in [-0.39, 0.29) is 17.2 Å². The number of hydrogen-bond acceptors (Lipinski definition) is 3. The molecule has 0 fully saturated rings. The number of carbonyl (C=O) groups excluding carboxylic acids is 1. The van der Waals surface area contributed by atoms with Gasteiger partial charge in [-0.3, -0.25) is 4.79 Å². The van der Waals surface area contributed by atoms with Crippen LogP contribution in [-0.2, 0) is 21.2 Å². The maximum atomic E-state index is 12.0. The van der Waals surface area contributed by atoms with E-state index in [4.69, 9.17) is 11.6 Å². The molecule has 0 radical (unpaired) electrons. The largest absolute Gasteiger partial charge is 0.315 e. The molecular weight excluding hydrogens is 288 g/mol. The van der Waals surface area contributed by atoms with Crippen LogP contribution in [0.25, 0.3) is 0 Å². The van der Waals surface area contributed by atoms with Gasteiger partial charge in [-0.1, -0.05) is 0 Å². The molecule has 1 aliphatic rings. The van der Waals surface area contributed by atoms with Crippen molar-refractivity contribution >= 4 is 33.2 Å². The van der Waals surface area contributed by atoms with Gasteiger partial charge in [0.1, 0.15) is 0 Å². The molecule has 0 spiro atoms. The topological polar surface area (TPSA) is 66.5 Å². The lowest BCUT2D eigenvalue weighted by atomic mass is 10.2. The van der Waals surface area contributed by atoms with Crippen molar-refractivity contribution in [2.24, 2.45) is 0 Å². The number of alkyl halides is 1. The van der Waals surface area contributed by atoms with E-state index in [1.54, 1.807) is 19.2 Å². The van der Waals surface area contributed by atoms with Crippen molar-refractivity contribution < 1.29 is 13.2 Å². The number of fused-ring (bicyclic) bond motifs is 1. The predicted molar refractivity (Wildman–Crippen MR) is 74.1 cm³/mol. The van der Waals surface area contributed by atoms with Crippen molar-refractivity contribution in [1.29, 1.82) is 0 Å². The van der Waals surface area contributed by atoms with Crippen LogP contribution in [0.1, 0.15) is 12.0 Å². The summed E-state index contributed by atoms with van der Waals surface area (Å²) in [5, 5.41) is 0. The Hall–Kier alpha value is -1.11. The van der Waals surface area contributed by atoms with Crippen LogP contribution in [0.5, 0.6) is 0 Å². The Kier molecular flexibility index (Phi) is 4.13. The number of anilines is 1. The molecule has 1 aromatic rings. The zero-order valence-electron chi connectivity index (χ0n) is 10.5. The Morgan fingerprint density at radius 1 is 1.42 bits per heavy atom. The zero-order valence-corrected chi connectivity index (χ0v) is 12.1. The van der Waals surface area contributed by atoms with E-state index < -0.39 is 10.0 Å². The minimum absolute atomic E-state index is 0.0281. The minimum atomic E-state index is -3.53. The number of benzene rings is 1. The molecule has 19 heavy (non-hydrogen) atoms. The van der Waals surface area contributed by atoms with Crippen molar-refractivity contribution in [3.05, 3.63) is 23.8 Å². The highest BCUT2D eigenvalue weighted by molar-refractivity contribution is 7.89. The van der Waals surface area contributed by atoms with Gasteiger partial charge in [-0.25, -0.2) is 13.1 Å². The molecule has 1 heterocycles. The van der Waals surface area contributed by atoms with Crippen LogP contribution in [0.15, 0.2) is 23.1 Å². The first-order valence-corrected chi connectivity index (χ1v) is 7.92. The van der Waals surface area contributed by atoms with E-state index in [0.29, 0.717) is 18.8 Å². The third kappa shape index (κ3) is 2.91. The summed E-state index contributed by atoms with van der Waals surface area (Å²) < 4.78 is 26.5. The summed E-state index contributed by atoms with van der Waals surface area (Å²) >= 11 is 5.51. The maximum absolute atomic E-state index is 12.0. The molecule has 5 nitrogen and oxygen atoms in total. The number of rotatable bonds is 5. The van der Waals surface area contributed by atoms with E-state index in [1.807, 2.05) is 0 Å². The van der Waals surface area contributed by atoms with Crippen molar-refractivity contribution in [2.45, 2.75) is 17.7 Å². The standard InChI is InChI=1S/C12H15ClN2O3S/c1-15-11-4-3-10(7-9(11)8-12(15)16)19(17,18)14-6-2-5-13/h3-4,7,14H,2,5-6,8H2,1H3. The fourth-order valence-electron chi connectivity index (χ4n) is 1.97. The molecular formula is C12H15ClN2O3S. The van der Waals surface area contributed by atoms with Gasteiger partial charge in [-0.2, -0.15) is 0 Å². The van der Waals surface area contributed by atoms with Crippen LogP contribution < -0.4 is 9.62 Å². The monoisotopic (exact) mass is 302 g/mol. The third-order valence-corrected chi connectivity index (χ3v) is 4.77. The van der Waals surface area contributed by atoms with Crippen LogP contribution in [0, 0.1) is 0 Å². The van der Waals surface area contributed by atoms with Gasteiger partial charge in [-0.15, -0.1) is 11.6 Å². The first kappa shape index (κ1) is 14.3. The molecule has 104 valence electrons. The lowest BCUT2D eigenvalue weighted by molar-refractivity contribution is -0.117. The average Bonchev–Trinajstić information content (AvgIpc) is 2.65. The number of likely N-dealkylation sites (N-methyl/N-ethyl adjacent to an activating group) is 1. The van der Waals surface area contributed by atoms with Gasteiger partial charge >= 0.3 is 0 Å². The maximum Gasteiger partial charge on any atom is 0.240 e. The molecule has 7 heteroatoms. The number of nitrogens with one attached hydrogen (secondary N) is 1. The SMILES string of the molecule is CN1C(=O)Cc2cc(S(=O)(=O)NCCCCl)ccc21. The van der Waals surface area contributed by atoms with Crippen molar-refractivity contribution in [3.8, 4) is 0 Å². The fourth-order valence-corrected chi connectivity index (χ4v) is 3.23. The summed E-state index contributed by atoms with van der Waals surface area (Å²) in [4.78, 5) is 13.3. The molecule has 0 saturated heterocycles. The highest BCUT2D eigenvalue weighted by atomic mass is 35.5. The van der Waals surface area contributed by atoms with Crippen LogP contribution in [0.3, 0.4) is 0 Å². The van der Waals surface area contributed by atoms with Crippen molar-refractivity contribution in [1.82, 2.24) is 4.72 Å². The third-order valence-electron chi connectivity index (χ3n) is 3.04. The fraction of sp³-hybridized carbons (Fsp3) is 0.417. The van der Waals surface area contributed by atoms with E-state index in [1.165, 1.54) is 11.0 Å². The van der Waals surface area contributed by atoms with Gasteiger partial charge in [0, 0.05) is 25.2 Å². The van der Waals surface area contributed by atoms with Gasteiger partial charge in [0.25, 0.3) is 0 Å². The van der Waals surface area contributed by atoms with Gasteiger partial charge in [0.15, 0.2) is 0 Å². The van der Waals surface area contributed by atoms with Gasteiger partial charge < -0.3 is 4.90 Å². The van der Waals surface area contributed by atoms with Crippen LogP contribution in [0.2, 0.25) is 0 Å². The first-order valence-electron chi connectivity index (χ1n) is 5.91. The molecule has 1 N–H and O–H groups in total. The minimum Gasteiger partial charge on any atom is -0.315 e. The Balaban J connectivity index is 2.24. The Labute approximate surface area is 117 Å². The second-order valence-electron chi connectivity index (χ2n) is 4.36. The second kappa shape index (κ2) is 5.48. The summed E-state index contributed by atoms with van der Waals surface area (Å²) in [7, 11) is -1.85. The summed E-state index contributed by atoms with van der Waals surface area (Å²) in [5.74, 6) is 0.381. The molecule has 0 bridgehead atoms. The average molecular weight is 303 g/mol. The number of carbonyl (C=O) groups is 1. The van der Waals surface area contributed by atoms with E-state index in [0.717, 1.165) is 11.3 Å². The molecule has 1 aromatic carbocycles. The molecule has 0 atom stereocenters. The van der Waals surface area contributed by atoms with Crippen LogP contribution in [0.4, 0.5) is 5.69 Å².